The zero-order valence-corrected chi connectivity index (χ0v) is 18.7. The lowest BCUT2D eigenvalue weighted by atomic mass is 9.44. The molecule has 174 valence electrons. The van der Waals surface area contributed by atoms with Crippen molar-refractivity contribution in [2.45, 2.75) is 82.9 Å². The van der Waals surface area contributed by atoms with Gasteiger partial charge in [0.1, 0.15) is 6.10 Å². The van der Waals surface area contributed by atoms with Crippen molar-refractivity contribution in [1.29, 1.82) is 0 Å². The fraction of sp³-hybridized carbons (Fsp3) is 1.00. The van der Waals surface area contributed by atoms with Gasteiger partial charge in [0.05, 0.1) is 26.4 Å². The van der Waals surface area contributed by atoms with Gasteiger partial charge in [0, 0.05) is 24.7 Å². The molecule has 4 saturated carbocycles. The summed E-state index contributed by atoms with van der Waals surface area (Å²) in [5.41, 5.74) is -0.0286. The molecule has 6 aliphatic rings. The van der Waals surface area contributed by atoms with E-state index >= 15 is 0 Å². The van der Waals surface area contributed by atoms with Gasteiger partial charge in [0.25, 0.3) is 5.09 Å². The average Bonchev–Trinajstić information content (AvgIpc) is 3.45. The Morgan fingerprint density at radius 1 is 0.871 bits per heavy atom. The highest BCUT2D eigenvalue weighted by molar-refractivity contribution is 5.14. The van der Waals surface area contributed by atoms with Crippen LogP contribution in [0, 0.1) is 44.6 Å². The summed E-state index contributed by atoms with van der Waals surface area (Å²) < 4.78 is 24.6. The third-order valence-electron chi connectivity index (χ3n) is 10.5. The van der Waals surface area contributed by atoms with E-state index in [-0.39, 0.29) is 16.7 Å². The van der Waals surface area contributed by atoms with E-state index in [9.17, 15) is 10.1 Å². The molecule has 6 fully saturated rings. The molecule has 31 heavy (non-hydrogen) atoms. The Labute approximate surface area is 183 Å². The van der Waals surface area contributed by atoms with Crippen LogP contribution in [-0.2, 0) is 23.8 Å². The second kappa shape index (κ2) is 6.78. The highest BCUT2D eigenvalue weighted by Gasteiger charge is 2.69. The molecule has 0 aromatic carbocycles. The van der Waals surface area contributed by atoms with Crippen molar-refractivity contribution in [3.05, 3.63) is 10.1 Å². The van der Waals surface area contributed by atoms with E-state index in [1.165, 1.54) is 0 Å². The summed E-state index contributed by atoms with van der Waals surface area (Å²) in [7, 11) is 0. The van der Waals surface area contributed by atoms with Crippen LogP contribution in [0.5, 0.6) is 0 Å². The minimum Gasteiger partial charge on any atom is -0.348 e. The zero-order valence-electron chi connectivity index (χ0n) is 18.7. The minimum atomic E-state index is -0.579. The molecule has 7 atom stereocenters. The molecular weight excluding hydrogens is 402 g/mol. The Bertz CT molecular complexity index is 748. The summed E-state index contributed by atoms with van der Waals surface area (Å²) in [6.45, 7) is 7.27. The summed E-state index contributed by atoms with van der Waals surface area (Å²) in [6, 6.07) is 0. The predicted octanol–water partition coefficient (Wildman–Crippen LogP) is 3.70. The van der Waals surface area contributed by atoms with Crippen LogP contribution in [0.4, 0.5) is 0 Å². The third kappa shape index (κ3) is 2.74. The number of rotatable bonds is 2. The van der Waals surface area contributed by atoms with Gasteiger partial charge < -0.3 is 23.8 Å². The number of nitrogens with zero attached hydrogens (tertiary/aromatic N) is 1. The molecule has 0 bridgehead atoms. The van der Waals surface area contributed by atoms with E-state index in [0.717, 1.165) is 44.9 Å². The van der Waals surface area contributed by atoms with Crippen LogP contribution in [0.15, 0.2) is 0 Å². The average molecular weight is 438 g/mol. The third-order valence-corrected chi connectivity index (χ3v) is 10.5. The van der Waals surface area contributed by atoms with Gasteiger partial charge in [0.15, 0.2) is 11.6 Å². The van der Waals surface area contributed by atoms with Gasteiger partial charge in [-0.15, -0.1) is 10.1 Å². The van der Waals surface area contributed by atoms with Gasteiger partial charge in [-0.2, -0.15) is 0 Å². The van der Waals surface area contributed by atoms with Gasteiger partial charge in [-0.25, -0.2) is 0 Å². The predicted molar refractivity (Wildman–Crippen MR) is 108 cm³/mol. The SMILES string of the molecule is C[C@]12CCC3(CC1[C@H](O[N+](=O)[O-])CC1C2CC[C@@]2(C)C1CCC21OCCO1)OCCO3. The van der Waals surface area contributed by atoms with Gasteiger partial charge in [-0.1, -0.05) is 13.8 Å². The molecule has 8 nitrogen and oxygen atoms in total. The smallest absolute Gasteiger partial charge is 0.294 e. The van der Waals surface area contributed by atoms with Crippen molar-refractivity contribution in [2.24, 2.45) is 34.5 Å². The molecule has 2 saturated heterocycles. The Balaban J connectivity index is 1.34. The van der Waals surface area contributed by atoms with Crippen molar-refractivity contribution in [2.75, 3.05) is 26.4 Å². The first kappa shape index (κ1) is 20.6. The zero-order chi connectivity index (χ0) is 21.5. The van der Waals surface area contributed by atoms with Crippen molar-refractivity contribution in [1.82, 2.24) is 0 Å². The molecule has 6 rings (SSSR count). The summed E-state index contributed by atoms with van der Waals surface area (Å²) >= 11 is 0. The summed E-state index contributed by atoms with van der Waals surface area (Å²) in [4.78, 5) is 16.9. The fourth-order valence-electron chi connectivity index (χ4n) is 9.07. The Kier molecular flexibility index (Phi) is 4.51. The van der Waals surface area contributed by atoms with E-state index in [2.05, 4.69) is 13.8 Å². The Morgan fingerprint density at radius 2 is 1.55 bits per heavy atom. The Morgan fingerprint density at radius 3 is 2.26 bits per heavy atom. The maximum atomic E-state index is 11.5. The lowest BCUT2D eigenvalue weighted by Gasteiger charge is -2.63. The van der Waals surface area contributed by atoms with Crippen LogP contribution in [0.3, 0.4) is 0 Å². The van der Waals surface area contributed by atoms with E-state index in [0.29, 0.717) is 50.6 Å². The van der Waals surface area contributed by atoms with Crippen LogP contribution >= 0.6 is 0 Å². The molecular formula is C23H35NO7. The number of hydrogen-bond acceptors (Lipinski definition) is 7. The second-order valence-electron chi connectivity index (χ2n) is 11.3. The molecule has 0 N–H and O–H groups in total. The highest BCUT2D eigenvalue weighted by atomic mass is 17.0. The first-order valence-electron chi connectivity index (χ1n) is 12.2. The summed E-state index contributed by atoms with van der Waals surface area (Å²) in [6.07, 6.45) is 7.09. The molecule has 4 unspecified atom stereocenters. The normalized spacial score (nSPS) is 49.5. The summed E-state index contributed by atoms with van der Waals surface area (Å²) in [5.74, 6) is 0.442. The largest absolute Gasteiger partial charge is 0.348 e. The minimum absolute atomic E-state index is 0.00136. The molecule has 0 aromatic heterocycles. The monoisotopic (exact) mass is 437 g/mol. The standard InChI is InChI=1S/C23H35NO7/c1-20-7-8-22(27-9-10-28-22)14-18(20)19(31-24(25)26)13-15-16(20)3-5-21(2)17(15)4-6-23(21)29-11-12-30-23/h15-19H,3-14H2,1-2H3/t15?,16?,17?,18?,19-,20-,21+/m1/s1. The number of ether oxygens (including phenoxy) is 4. The topological polar surface area (TPSA) is 89.3 Å². The van der Waals surface area contributed by atoms with Crippen molar-refractivity contribution < 1.29 is 28.9 Å². The first-order chi connectivity index (χ1) is 14.8. The van der Waals surface area contributed by atoms with E-state index in [1.54, 1.807) is 0 Å². The van der Waals surface area contributed by atoms with Crippen molar-refractivity contribution in [3.8, 4) is 0 Å². The van der Waals surface area contributed by atoms with Crippen molar-refractivity contribution in [3.63, 3.8) is 0 Å². The van der Waals surface area contributed by atoms with Crippen LogP contribution in [-0.4, -0.2) is 49.2 Å². The maximum Gasteiger partial charge on any atom is 0.294 e. The lowest BCUT2D eigenvalue weighted by molar-refractivity contribution is -0.773. The lowest BCUT2D eigenvalue weighted by Crippen LogP contribution is -2.62. The molecule has 4 aliphatic carbocycles. The quantitative estimate of drug-likeness (QED) is 0.481. The van der Waals surface area contributed by atoms with E-state index in [4.69, 9.17) is 23.8 Å². The van der Waals surface area contributed by atoms with E-state index < -0.39 is 22.8 Å². The molecule has 0 aromatic rings. The molecule has 2 aliphatic heterocycles. The molecule has 0 radical (unpaired) electrons. The van der Waals surface area contributed by atoms with Gasteiger partial charge in [-0.05, 0) is 61.2 Å². The van der Waals surface area contributed by atoms with Gasteiger partial charge in [0.2, 0.25) is 0 Å². The van der Waals surface area contributed by atoms with Gasteiger partial charge >= 0.3 is 0 Å². The number of fused-ring (bicyclic) bond motifs is 6. The number of hydrogen-bond donors (Lipinski definition) is 0. The molecule has 8 heteroatoms. The molecule has 2 spiro atoms. The summed E-state index contributed by atoms with van der Waals surface area (Å²) in [5, 5.41) is 10.9. The molecule has 2 heterocycles. The first-order valence-corrected chi connectivity index (χ1v) is 12.2. The van der Waals surface area contributed by atoms with Crippen molar-refractivity contribution >= 4 is 0 Å². The van der Waals surface area contributed by atoms with Crippen LogP contribution in [0.1, 0.15) is 65.2 Å². The highest BCUT2D eigenvalue weighted by Crippen LogP contribution is 2.70. The van der Waals surface area contributed by atoms with Gasteiger partial charge in [-0.3, -0.25) is 0 Å². The van der Waals surface area contributed by atoms with Crippen LogP contribution < -0.4 is 0 Å². The molecule has 0 amide bonds. The fourth-order valence-corrected chi connectivity index (χ4v) is 9.07. The Hall–Kier alpha value is -0.960. The van der Waals surface area contributed by atoms with Crippen LogP contribution in [0.2, 0.25) is 0 Å². The second-order valence-corrected chi connectivity index (χ2v) is 11.3. The maximum absolute atomic E-state index is 11.5. The van der Waals surface area contributed by atoms with E-state index in [1.807, 2.05) is 0 Å². The van der Waals surface area contributed by atoms with Crippen LogP contribution in [0.25, 0.3) is 0 Å².